The summed E-state index contributed by atoms with van der Waals surface area (Å²) in [6, 6.07) is 5.44. The first-order valence-electron chi connectivity index (χ1n) is 6.12. The predicted octanol–water partition coefficient (Wildman–Crippen LogP) is 2.50. The van der Waals surface area contributed by atoms with Gasteiger partial charge in [0.15, 0.2) is 0 Å². The smallest absolute Gasteiger partial charge is 0.240 e. The fourth-order valence-electron chi connectivity index (χ4n) is 1.60. The number of nitrogens with one attached hydrogen (secondary N) is 1. The van der Waals surface area contributed by atoms with Crippen LogP contribution in [0.2, 0.25) is 0 Å². The van der Waals surface area contributed by atoms with Crippen LogP contribution in [0, 0.1) is 5.92 Å². The minimum absolute atomic E-state index is 0.0572. The molecule has 1 aromatic rings. The standard InChI is InChI=1S/C13H21NO3S/c1-10(2)4-5-11(3)14-18(16,17)13-8-6-12(15)7-9-13/h6-11,14-15H,4-5H2,1-3H3. The van der Waals surface area contributed by atoms with Gasteiger partial charge in [0.1, 0.15) is 5.75 Å². The lowest BCUT2D eigenvalue weighted by molar-refractivity contribution is 0.474. The van der Waals surface area contributed by atoms with Crippen molar-refractivity contribution >= 4 is 10.0 Å². The van der Waals surface area contributed by atoms with Crippen molar-refractivity contribution in [1.82, 2.24) is 4.72 Å². The summed E-state index contributed by atoms with van der Waals surface area (Å²) in [7, 11) is -3.49. The second-order valence-corrected chi connectivity index (χ2v) is 6.70. The molecule has 0 bridgehead atoms. The first kappa shape index (κ1) is 15.0. The zero-order valence-corrected chi connectivity index (χ0v) is 11.9. The average molecular weight is 271 g/mol. The summed E-state index contributed by atoms with van der Waals surface area (Å²) in [5.74, 6) is 0.618. The molecule has 102 valence electrons. The first-order valence-corrected chi connectivity index (χ1v) is 7.61. The fourth-order valence-corrected chi connectivity index (χ4v) is 2.88. The molecule has 5 heteroatoms. The number of aromatic hydroxyl groups is 1. The van der Waals surface area contributed by atoms with Crippen molar-refractivity contribution in [2.24, 2.45) is 5.92 Å². The molecular weight excluding hydrogens is 250 g/mol. The number of rotatable bonds is 6. The van der Waals surface area contributed by atoms with Crippen LogP contribution in [0.15, 0.2) is 29.2 Å². The van der Waals surface area contributed by atoms with Crippen molar-refractivity contribution in [3.05, 3.63) is 24.3 Å². The maximum absolute atomic E-state index is 12.0. The number of phenols is 1. The van der Waals surface area contributed by atoms with E-state index in [2.05, 4.69) is 18.6 Å². The maximum Gasteiger partial charge on any atom is 0.240 e. The molecule has 1 unspecified atom stereocenters. The van der Waals surface area contributed by atoms with Gasteiger partial charge in [0.25, 0.3) is 0 Å². The zero-order chi connectivity index (χ0) is 13.8. The second-order valence-electron chi connectivity index (χ2n) is 4.99. The van der Waals surface area contributed by atoms with E-state index in [1.54, 1.807) is 0 Å². The predicted molar refractivity (Wildman–Crippen MR) is 72.0 cm³/mol. The van der Waals surface area contributed by atoms with E-state index in [0.29, 0.717) is 5.92 Å². The van der Waals surface area contributed by atoms with Gasteiger partial charge in [-0.3, -0.25) is 0 Å². The molecule has 0 aliphatic rings. The minimum Gasteiger partial charge on any atom is -0.508 e. The third kappa shape index (κ3) is 4.66. The van der Waals surface area contributed by atoms with Gasteiger partial charge in [-0.25, -0.2) is 13.1 Å². The normalized spacial score (nSPS) is 13.8. The van der Waals surface area contributed by atoms with E-state index in [4.69, 9.17) is 5.11 Å². The summed E-state index contributed by atoms with van der Waals surface area (Å²) in [5.41, 5.74) is 0. The van der Waals surface area contributed by atoms with Gasteiger partial charge in [-0.1, -0.05) is 13.8 Å². The van der Waals surface area contributed by atoms with Gasteiger partial charge in [-0.05, 0) is 49.9 Å². The van der Waals surface area contributed by atoms with Crippen LogP contribution >= 0.6 is 0 Å². The van der Waals surface area contributed by atoms with Crippen LogP contribution in [0.1, 0.15) is 33.6 Å². The van der Waals surface area contributed by atoms with E-state index >= 15 is 0 Å². The fraction of sp³-hybridized carbons (Fsp3) is 0.538. The summed E-state index contributed by atoms with van der Waals surface area (Å²) in [5, 5.41) is 9.13. The van der Waals surface area contributed by atoms with Crippen LogP contribution < -0.4 is 4.72 Å². The number of sulfonamides is 1. The Morgan fingerprint density at radius 3 is 2.17 bits per heavy atom. The highest BCUT2D eigenvalue weighted by molar-refractivity contribution is 7.89. The molecule has 18 heavy (non-hydrogen) atoms. The van der Waals surface area contributed by atoms with Gasteiger partial charge in [0.2, 0.25) is 10.0 Å². The molecule has 0 spiro atoms. The van der Waals surface area contributed by atoms with Gasteiger partial charge in [0, 0.05) is 6.04 Å². The van der Waals surface area contributed by atoms with E-state index in [0.717, 1.165) is 12.8 Å². The van der Waals surface area contributed by atoms with Gasteiger partial charge in [-0.2, -0.15) is 0 Å². The van der Waals surface area contributed by atoms with Crippen LogP contribution in [0.3, 0.4) is 0 Å². The van der Waals surface area contributed by atoms with Crippen molar-refractivity contribution in [3.8, 4) is 5.75 Å². The highest BCUT2D eigenvalue weighted by Crippen LogP contribution is 2.15. The molecule has 0 fully saturated rings. The summed E-state index contributed by atoms with van der Waals surface area (Å²) in [6.45, 7) is 6.09. The molecule has 0 amide bonds. The lowest BCUT2D eigenvalue weighted by atomic mass is 10.1. The average Bonchev–Trinajstić information content (AvgIpc) is 2.26. The van der Waals surface area contributed by atoms with Gasteiger partial charge < -0.3 is 5.11 Å². The van der Waals surface area contributed by atoms with E-state index in [9.17, 15) is 8.42 Å². The van der Waals surface area contributed by atoms with E-state index in [1.807, 2.05) is 6.92 Å². The Morgan fingerprint density at radius 2 is 1.67 bits per heavy atom. The van der Waals surface area contributed by atoms with Gasteiger partial charge >= 0.3 is 0 Å². The van der Waals surface area contributed by atoms with Crippen molar-refractivity contribution in [3.63, 3.8) is 0 Å². The summed E-state index contributed by atoms with van der Waals surface area (Å²) in [6.07, 6.45) is 1.80. The highest BCUT2D eigenvalue weighted by Gasteiger charge is 2.17. The topological polar surface area (TPSA) is 66.4 Å². The largest absolute Gasteiger partial charge is 0.508 e. The molecular formula is C13H21NO3S. The monoisotopic (exact) mass is 271 g/mol. The van der Waals surface area contributed by atoms with Crippen LogP contribution in [0.4, 0.5) is 0 Å². The molecule has 0 heterocycles. The van der Waals surface area contributed by atoms with Crippen molar-refractivity contribution in [2.75, 3.05) is 0 Å². The number of hydrogen-bond acceptors (Lipinski definition) is 3. The van der Waals surface area contributed by atoms with Gasteiger partial charge in [-0.15, -0.1) is 0 Å². The van der Waals surface area contributed by atoms with E-state index in [1.165, 1.54) is 24.3 Å². The molecule has 4 nitrogen and oxygen atoms in total. The highest BCUT2D eigenvalue weighted by atomic mass is 32.2. The Kier molecular flexibility index (Phi) is 5.16. The van der Waals surface area contributed by atoms with Gasteiger partial charge in [0.05, 0.1) is 4.90 Å². The van der Waals surface area contributed by atoms with E-state index in [-0.39, 0.29) is 16.7 Å². The third-order valence-corrected chi connectivity index (χ3v) is 4.29. The Hall–Kier alpha value is -1.07. The quantitative estimate of drug-likeness (QED) is 0.835. The number of phenolic OH excluding ortho intramolecular Hbond substituents is 1. The molecule has 0 aliphatic carbocycles. The molecule has 1 rings (SSSR count). The zero-order valence-electron chi connectivity index (χ0n) is 11.1. The Balaban J connectivity index is 2.67. The SMILES string of the molecule is CC(C)CCC(C)NS(=O)(=O)c1ccc(O)cc1. The molecule has 1 atom stereocenters. The lowest BCUT2D eigenvalue weighted by Gasteiger charge is -2.15. The van der Waals surface area contributed by atoms with Crippen LogP contribution in [0.5, 0.6) is 5.75 Å². The Labute approximate surface area is 109 Å². The molecule has 2 N–H and O–H groups in total. The van der Waals surface area contributed by atoms with Crippen LogP contribution in [-0.2, 0) is 10.0 Å². The van der Waals surface area contributed by atoms with Crippen molar-refractivity contribution in [1.29, 1.82) is 0 Å². The van der Waals surface area contributed by atoms with Crippen molar-refractivity contribution in [2.45, 2.75) is 44.6 Å². The lowest BCUT2D eigenvalue weighted by Crippen LogP contribution is -2.32. The molecule has 0 aromatic heterocycles. The minimum atomic E-state index is -3.49. The molecule has 0 radical (unpaired) electrons. The van der Waals surface area contributed by atoms with Crippen LogP contribution in [0.25, 0.3) is 0 Å². The van der Waals surface area contributed by atoms with E-state index < -0.39 is 10.0 Å². The molecule has 0 aliphatic heterocycles. The number of hydrogen-bond donors (Lipinski definition) is 2. The Bertz CT molecular complexity index is 466. The summed E-state index contributed by atoms with van der Waals surface area (Å²) >= 11 is 0. The summed E-state index contributed by atoms with van der Waals surface area (Å²) in [4.78, 5) is 0.177. The molecule has 1 aromatic carbocycles. The number of benzene rings is 1. The third-order valence-electron chi connectivity index (χ3n) is 2.68. The first-order chi connectivity index (χ1) is 8.31. The maximum atomic E-state index is 12.0. The van der Waals surface area contributed by atoms with Crippen molar-refractivity contribution < 1.29 is 13.5 Å². The Morgan fingerprint density at radius 1 is 1.11 bits per heavy atom. The van der Waals surface area contributed by atoms with Crippen LogP contribution in [-0.4, -0.2) is 19.6 Å². The second kappa shape index (κ2) is 6.20. The summed E-state index contributed by atoms with van der Waals surface area (Å²) < 4.78 is 26.6. The molecule has 0 saturated carbocycles. The molecule has 0 saturated heterocycles.